The number of hydrogen-bond donors (Lipinski definition) is 2. The van der Waals surface area contributed by atoms with E-state index < -0.39 is 26.0 Å². The molecule has 2 N–H and O–H groups in total. The normalized spacial score (nSPS) is 11.6. The third-order valence-electron chi connectivity index (χ3n) is 4.71. The van der Waals surface area contributed by atoms with E-state index in [9.17, 15) is 21.6 Å². The molecule has 0 bridgehead atoms. The van der Waals surface area contributed by atoms with Gasteiger partial charge in [0.2, 0.25) is 10.0 Å². The van der Waals surface area contributed by atoms with Gasteiger partial charge < -0.3 is 5.32 Å². The average molecular weight is 474 g/mol. The Labute approximate surface area is 188 Å². The van der Waals surface area contributed by atoms with Crippen molar-refractivity contribution in [2.24, 2.45) is 0 Å². The predicted octanol–water partition coefficient (Wildman–Crippen LogP) is 3.44. The van der Waals surface area contributed by atoms with E-state index in [1.54, 1.807) is 42.5 Å². The topological polar surface area (TPSA) is 113 Å². The van der Waals surface area contributed by atoms with E-state index in [0.717, 1.165) is 16.1 Å². The highest BCUT2D eigenvalue weighted by atomic mass is 32.2. The van der Waals surface area contributed by atoms with Crippen LogP contribution in [-0.2, 0) is 20.0 Å². The number of aryl methyl sites for hydroxylation is 1. The maximum Gasteiger partial charge on any atom is 0.261 e. The molecule has 0 heterocycles. The number of anilines is 3. The Morgan fingerprint density at radius 2 is 1.53 bits per heavy atom. The Balaban J connectivity index is 1.86. The molecule has 0 aliphatic heterocycles. The SMILES string of the molecule is Cc1ccc(S(=O)(=O)Nc2ccccc2C(=O)Nc2cccc(N(C)S(C)(=O)=O)c2)cc1. The second-order valence-corrected chi connectivity index (χ2v) is 10.9. The lowest BCUT2D eigenvalue weighted by Crippen LogP contribution is -2.25. The van der Waals surface area contributed by atoms with Gasteiger partial charge in [-0.2, -0.15) is 0 Å². The summed E-state index contributed by atoms with van der Waals surface area (Å²) < 4.78 is 52.6. The van der Waals surface area contributed by atoms with Crippen molar-refractivity contribution in [2.45, 2.75) is 11.8 Å². The van der Waals surface area contributed by atoms with Gasteiger partial charge in [0.1, 0.15) is 0 Å². The van der Waals surface area contributed by atoms with Gasteiger partial charge in [0, 0.05) is 12.7 Å². The first-order valence-electron chi connectivity index (χ1n) is 9.51. The molecule has 0 unspecified atom stereocenters. The van der Waals surface area contributed by atoms with Crippen LogP contribution in [0.3, 0.4) is 0 Å². The molecule has 0 aliphatic rings. The third-order valence-corrected chi connectivity index (χ3v) is 7.30. The van der Waals surface area contributed by atoms with Gasteiger partial charge in [0.15, 0.2) is 0 Å². The molecule has 0 fully saturated rings. The zero-order valence-corrected chi connectivity index (χ0v) is 19.4. The number of hydrogen-bond acceptors (Lipinski definition) is 5. The van der Waals surface area contributed by atoms with Crippen LogP contribution < -0.4 is 14.3 Å². The lowest BCUT2D eigenvalue weighted by atomic mass is 10.1. The number of rotatable bonds is 7. The fourth-order valence-electron chi connectivity index (χ4n) is 2.86. The molecular weight excluding hydrogens is 450 g/mol. The number of carbonyl (C=O) groups is 1. The van der Waals surface area contributed by atoms with E-state index in [-0.39, 0.29) is 16.1 Å². The number of benzene rings is 3. The fraction of sp³-hybridized carbons (Fsp3) is 0.136. The van der Waals surface area contributed by atoms with E-state index in [1.165, 1.54) is 37.4 Å². The molecule has 1 amide bonds. The van der Waals surface area contributed by atoms with Crippen LogP contribution >= 0.6 is 0 Å². The Morgan fingerprint density at radius 3 is 2.19 bits per heavy atom. The van der Waals surface area contributed by atoms with Gasteiger partial charge in [0.25, 0.3) is 15.9 Å². The molecule has 10 heteroatoms. The molecule has 8 nitrogen and oxygen atoms in total. The first-order valence-corrected chi connectivity index (χ1v) is 12.8. The van der Waals surface area contributed by atoms with Gasteiger partial charge >= 0.3 is 0 Å². The molecule has 0 saturated carbocycles. The first-order chi connectivity index (χ1) is 15.0. The Morgan fingerprint density at radius 1 is 0.875 bits per heavy atom. The summed E-state index contributed by atoms with van der Waals surface area (Å²) >= 11 is 0. The quantitative estimate of drug-likeness (QED) is 0.546. The Hall–Kier alpha value is -3.37. The highest BCUT2D eigenvalue weighted by Crippen LogP contribution is 2.24. The average Bonchev–Trinajstić information content (AvgIpc) is 2.73. The van der Waals surface area contributed by atoms with Crippen LogP contribution in [0.25, 0.3) is 0 Å². The smallest absolute Gasteiger partial charge is 0.261 e. The fourth-order valence-corrected chi connectivity index (χ4v) is 4.44. The Bertz CT molecular complexity index is 1350. The standard InChI is InChI=1S/C22H23N3O5S2/c1-16-11-13-19(14-12-16)32(29,30)24-21-10-5-4-9-20(21)22(26)23-17-7-6-8-18(15-17)25(2)31(3,27)28/h4-15,24H,1-3H3,(H,23,26). The van der Waals surface area contributed by atoms with Gasteiger partial charge in [-0.15, -0.1) is 0 Å². The summed E-state index contributed by atoms with van der Waals surface area (Å²) in [6, 6.07) is 18.9. The molecule has 0 atom stereocenters. The van der Waals surface area contributed by atoms with Crippen LogP contribution in [0.2, 0.25) is 0 Å². The van der Waals surface area contributed by atoms with Crippen molar-refractivity contribution in [3.63, 3.8) is 0 Å². The van der Waals surface area contributed by atoms with Crippen molar-refractivity contribution >= 4 is 43.0 Å². The van der Waals surface area contributed by atoms with E-state index >= 15 is 0 Å². The van der Waals surface area contributed by atoms with E-state index in [0.29, 0.717) is 11.4 Å². The minimum atomic E-state index is -3.90. The summed E-state index contributed by atoms with van der Waals surface area (Å²) in [6.45, 7) is 1.85. The van der Waals surface area contributed by atoms with Crippen molar-refractivity contribution in [3.05, 3.63) is 83.9 Å². The predicted molar refractivity (Wildman–Crippen MR) is 126 cm³/mol. The summed E-state index contributed by atoms with van der Waals surface area (Å²) in [7, 11) is -5.95. The third kappa shape index (κ3) is 5.45. The molecule has 0 saturated heterocycles. The molecule has 3 aromatic carbocycles. The maximum absolute atomic E-state index is 12.9. The zero-order chi connectivity index (χ0) is 23.5. The van der Waals surface area contributed by atoms with Crippen LogP contribution in [0.15, 0.2) is 77.7 Å². The van der Waals surface area contributed by atoms with Crippen molar-refractivity contribution in [2.75, 3.05) is 27.6 Å². The zero-order valence-electron chi connectivity index (χ0n) is 17.7. The summed E-state index contributed by atoms with van der Waals surface area (Å²) in [4.78, 5) is 13.0. The van der Waals surface area contributed by atoms with Crippen LogP contribution in [0, 0.1) is 6.92 Å². The maximum atomic E-state index is 12.9. The monoisotopic (exact) mass is 473 g/mol. The molecule has 0 radical (unpaired) electrons. The lowest BCUT2D eigenvalue weighted by Gasteiger charge is -2.18. The van der Waals surface area contributed by atoms with Crippen molar-refractivity contribution in [1.82, 2.24) is 0 Å². The highest BCUT2D eigenvalue weighted by molar-refractivity contribution is 7.92. The van der Waals surface area contributed by atoms with Crippen molar-refractivity contribution < 1.29 is 21.6 Å². The number of carbonyl (C=O) groups excluding carboxylic acids is 1. The van der Waals surface area contributed by atoms with Crippen LogP contribution in [0.4, 0.5) is 17.1 Å². The summed E-state index contributed by atoms with van der Waals surface area (Å²) in [6.07, 6.45) is 1.08. The van der Waals surface area contributed by atoms with E-state index in [1.807, 2.05) is 6.92 Å². The second-order valence-electron chi connectivity index (χ2n) is 7.20. The van der Waals surface area contributed by atoms with Gasteiger partial charge in [-0.25, -0.2) is 16.8 Å². The molecule has 168 valence electrons. The van der Waals surface area contributed by atoms with E-state index in [2.05, 4.69) is 10.0 Å². The van der Waals surface area contributed by atoms with E-state index in [4.69, 9.17) is 0 Å². The van der Waals surface area contributed by atoms with Gasteiger partial charge in [0.05, 0.1) is 28.1 Å². The van der Waals surface area contributed by atoms with Crippen molar-refractivity contribution in [1.29, 1.82) is 0 Å². The molecule has 3 aromatic rings. The van der Waals surface area contributed by atoms with Gasteiger partial charge in [-0.3, -0.25) is 13.8 Å². The Kier molecular flexibility index (Phi) is 6.56. The largest absolute Gasteiger partial charge is 0.322 e. The van der Waals surface area contributed by atoms with Crippen LogP contribution in [0.5, 0.6) is 0 Å². The molecule has 32 heavy (non-hydrogen) atoms. The first kappa shape index (κ1) is 23.3. The molecule has 0 aromatic heterocycles. The minimum absolute atomic E-state index is 0.0785. The number of nitrogens with one attached hydrogen (secondary N) is 2. The van der Waals surface area contributed by atoms with Crippen LogP contribution in [-0.4, -0.2) is 36.0 Å². The lowest BCUT2D eigenvalue weighted by molar-refractivity contribution is 0.102. The molecule has 0 spiro atoms. The molecule has 0 aliphatic carbocycles. The van der Waals surface area contributed by atoms with Gasteiger partial charge in [-0.1, -0.05) is 35.9 Å². The molecular formula is C22H23N3O5S2. The number of sulfonamides is 2. The summed E-state index contributed by atoms with van der Waals surface area (Å²) in [5, 5.41) is 2.68. The van der Waals surface area contributed by atoms with Crippen LogP contribution in [0.1, 0.15) is 15.9 Å². The number of para-hydroxylation sites is 1. The molecule has 3 rings (SSSR count). The van der Waals surface area contributed by atoms with Crippen molar-refractivity contribution in [3.8, 4) is 0 Å². The minimum Gasteiger partial charge on any atom is -0.322 e. The van der Waals surface area contributed by atoms with Gasteiger partial charge in [-0.05, 0) is 49.4 Å². The highest BCUT2D eigenvalue weighted by Gasteiger charge is 2.19. The summed E-state index contributed by atoms with van der Waals surface area (Å²) in [5.74, 6) is -0.550. The second kappa shape index (κ2) is 9.01. The number of nitrogens with zero attached hydrogens (tertiary/aromatic N) is 1. The summed E-state index contributed by atoms with van der Waals surface area (Å²) in [5.41, 5.74) is 1.89. The number of amides is 1.